The van der Waals surface area contributed by atoms with Gasteiger partial charge in [-0.2, -0.15) is 0 Å². The molecule has 0 spiro atoms. The summed E-state index contributed by atoms with van der Waals surface area (Å²) in [5.41, 5.74) is 2.01. The van der Waals surface area contributed by atoms with Crippen molar-refractivity contribution in [2.45, 2.75) is 19.3 Å². The van der Waals surface area contributed by atoms with Crippen molar-refractivity contribution in [1.29, 1.82) is 0 Å². The molecule has 1 aliphatic rings. The summed E-state index contributed by atoms with van der Waals surface area (Å²) in [6.07, 6.45) is 0.356. The third-order valence-corrected chi connectivity index (χ3v) is 6.29. The van der Waals surface area contributed by atoms with Gasteiger partial charge in [0.15, 0.2) is 6.61 Å². The fraction of sp³-hybridized carbons (Fsp3) is 0.238. The molecule has 10 heteroatoms. The molecule has 0 bridgehead atoms. The van der Waals surface area contributed by atoms with Crippen molar-refractivity contribution in [2.24, 2.45) is 0 Å². The summed E-state index contributed by atoms with van der Waals surface area (Å²) in [6.45, 7) is 2.30. The lowest BCUT2D eigenvalue weighted by molar-refractivity contribution is -0.118. The van der Waals surface area contributed by atoms with Gasteiger partial charge in [-0.25, -0.2) is 0 Å². The second kappa shape index (κ2) is 9.21. The topological polar surface area (TPSA) is 84.4 Å². The molecule has 4 rings (SSSR count). The molecule has 2 amide bonds. The maximum Gasteiger partial charge on any atom is 0.264 e. The van der Waals surface area contributed by atoms with Crippen molar-refractivity contribution < 1.29 is 14.3 Å². The number of ether oxygens (including phenoxy) is 1. The molecule has 0 radical (unpaired) electrons. The number of aryl methyl sites for hydroxylation is 1. The molecule has 7 nitrogen and oxygen atoms in total. The molecule has 2 heterocycles. The number of halogens is 2. The fourth-order valence-corrected chi connectivity index (χ4v) is 4.50. The number of hydrogen-bond acceptors (Lipinski definition) is 6. The minimum atomic E-state index is -0.391. The molecule has 1 atom stereocenters. The highest BCUT2D eigenvalue weighted by Gasteiger charge is 2.34. The standard InChI is InChI=1S/C21H18Cl2N4O3S/c1-12-2-5-15(6-3-12)27-10-13(8-19(27)29)20-25-26-21(31-20)24-18(28)11-30-17-7-4-14(22)9-16(17)23/h2-7,9,13H,8,10-11H2,1H3,(H,24,26,28). The fourth-order valence-electron chi connectivity index (χ4n) is 3.19. The van der Waals surface area contributed by atoms with E-state index in [2.05, 4.69) is 15.5 Å². The smallest absolute Gasteiger partial charge is 0.264 e. The van der Waals surface area contributed by atoms with Gasteiger partial charge >= 0.3 is 0 Å². The van der Waals surface area contributed by atoms with Gasteiger partial charge in [0.1, 0.15) is 10.8 Å². The monoisotopic (exact) mass is 476 g/mol. The van der Waals surface area contributed by atoms with Gasteiger partial charge < -0.3 is 9.64 Å². The van der Waals surface area contributed by atoms with Crippen molar-refractivity contribution in [3.05, 3.63) is 63.1 Å². The van der Waals surface area contributed by atoms with Gasteiger partial charge in [-0.15, -0.1) is 10.2 Å². The predicted octanol–water partition coefficient (Wildman–Crippen LogP) is 4.69. The van der Waals surface area contributed by atoms with Crippen molar-refractivity contribution in [3.8, 4) is 5.75 Å². The Hall–Kier alpha value is -2.68. The molecule has 0 saturated carbocycles. The molecule has 31 heavy (non-hydrogen) atoms. The van der Waals surface area contributed by atoms with Crippen LogP contribution in [-0.4, -0.2) is 35.2 Å². The molecule has 0 aliphatic carbocycles. The first-order chi connectivity index (χ1) is 14.9. The molecular formula is C21H18Cl2N4O3S. The van der Waals surface area contributed by atoms with Crippen LogP contribution in [0.1, 0.15) is 22.9 Å². The van der Waals surface area contributed by atoms with Crippen molar-refractivity contribution in [3.63, 3.8) is 0 Å². The number of nitrogens with zero attached hydrogens (tertiary/aromatic N) is 3. The van der Waals surface area contributed by atoms with Crippen molar-refractivity contribution in [1.82, 2.24) is 10.2 Å². The third kappa shape index (κ3) is 5.15. The second-order valence-electron chi connectivity index (χ2n) is 7.10. The van der Waals surface area contributed by atoms with Crippen LogP contribution >= 0.6 is 34.5 Å². The molecule has 1 unspecified atom stereocenters. The third-order valence-electron chi connectivity index (χ3n) is 4.76. The average molecular weight is 477 g/mol. The SMILES string of the molecule is Cc1ccc(N2CC(c3nnc(NC(=O)COc4ccc(Cl)cc4Cl)s3)CC2=O)cc1. The number of benzene rings is 2. The van der Waals surface area contributed by atoms with Gasteiger partial charge in [0.25, 0.3) is 5.91 Å². The van der Waals surface area contributed by atoms with Crippen LogP contribution in [0.15, 0.2) is 42.5 Å². The zero-order valence-corrected chi connectivity index (χ0v) is 18.8. The second-order valence-corrected chi connectivity index (χ2v) is 8.95. The largest absolute Gasteiger partial charge is 0.482 e. The number of amides is 2. The highest BCUT2D eigenvalue weighted by atomic mass is 35.5. The van der Waals surface area contributed by atoms with Gasteiger partial charge in [0, 0.05) is 29.6 Å². The summed E-state index contributed by atoms with van der Waals surface area (Å²) < 4.78 is 5.42. The summed E-state index contributed by atoms with van der Waals surface area (Å²) in [4.78, 5) is 26.4. The van der Waals surface area contributed by atoms with E-state index in [4.69, 9.17) is 27.9 Å². The molecule has 1 saturated heterocycles. The Labute approximate surface area is 192 Å². The quantitative estimate of drug-likeness (QED) is 0.557. The number of anilines is 2. The van der Waals surface area contributed by atoms with E-state index in [0.29, 0.717) is 38.9 Å². The maximum atomic E-state index is 12.5. The Bertz CT molecular complexity index is 1120. The lowest BCUT2D eigenvalue weighted by Gasteiger charge is -2.16. The molecule has 1 fully saturated rings. The van der Waals surface area contributed by atoms with Crippen LogP contribution in [0.2, 0.25) is 10.0 Å². The average Bonchev–Trinajstić information content (AvgIpc) is 3.34. The van der Waals surface area contributed by atoms with E-state index in [0.717, 1.165) is 11.3 Å². The molecule has 1 N–H and O–H groups in total. The first-order valence-electron chi connectivity index (χ1n) is 9.47. The molecule has 160 valence electrons. The Morgan fingerprint density at radius 3 is 2.74 bits per heavy atom. The number of nitrogens with one attached hydrogen (secondary N) is 1. The van der Waals surface area contributed by atoms with E-state index in [9.17, 15) is 9.59 Å². The van der Waals surface area contributed by atoms with Gasteiger partial charge in [0.05, 0.1) is 5.02 Å². The number of carbonyl (C=O) groups is 2. The van der Waals surface area contributed by atoms with Gasteiger partial charge in [-0.1, -0.05) is 52.2 Å². The van der Waals surface area contributed by atoms with Crippen LogP contribution in [0.4, 0.5) is 10.8 Å². The Morgan fingerprint density at radius 2 is 2.00 bits per heavy atom. The lowest BCUT2D eigenvalue weighted by atomic mass is 10.1. The van der Waals surface area contributed by atoms with E-state index in [1.807, 2.05) is 31.2 Å². The number of rotatable bonds is 6. The van der Waals surface area contributed by atoms with Gasteiger partial charge in [0.2, 0.25) is 11.0 Å². The number of hydrogen-bond donors (Lipinski definition) is 1. The van der Waals surface area contributed by atoms with Crippen LogP contribution < -0.4 is 15.0 Å². The summed E-state index contributed by atoms with van der Waals surface area (Å²) in [7, 11) is 0. The summed E-state index contributed by atoms with van der Waals surface area (Å²) in [6, 6.07) is 12.6. The summed E-state index contributed by atoms with van der Waals surface area (Å²) >= 11 is 13.1. The van der Waals surface area contributed by atoms with Crippen molar-refractivity contribution in [2.75, 3.05) is 23.4 Å². The van der Waals surface area contributed by atoms with Crippen molar-refractivity contribution >= 4 is 57.2 Å². The van der Waals surface area contributed by atoms with E-state index in [1.54, 1.807) is 17.0 Å². The molecule has 1 aromatic heterocycles. The van der Waals surface area contributed by atoms with E-state index in [-0.39, 0.29) is 18.4 Å². The maximum absolute atomic E-state index is 12.5. The molecular weight excluding hydrogens is 459 g/mol. The zero-order chi connectivity index (χ0) is 22.0. The van der Waals surface area contributed by atoms with Crippen LogP contribution in [0, 0.1) is 6.92 Å². The molecule has 2 aromatic carbocycles. The minimum absolute atomic E-state index is 0.0443. The molecule has 3 aromatic rings. The van der Waals surface area contributed by atoms with Crippen LogP contribution in [0.3, 0.4) is 0 Å². The molecule has 1 aliphatic heterocycles. The van der Waals surface area contributed by atoms with Gasteiger partial charge in [-0.3, -0.25) is 14.9 Å². The van der Waals surface area contributed by atoms with E-state index in [1.165, 1.54) is 17.4 Å². The van der Waals surface area contributed by atoms with Crippen LogP contribution in [-0.2, 0) is 9.59 Å². The van der Waals surface area contributed by atoms with Gasteiger partial charge in [-0.05, 0) is 37.3 Å². The zero-order valence-electron chi connectivity index (χ0n) is 16.5. The minimum Gasteiger partial charge on any atom is -0.482 e. The summed E-state index contributed by atoms with van der Waals surface area (Å²) in [5.74, 6) is -0.0544. The predicted molar refractivity (Wildman–Crippen MR) is 121 cm³/mol. The number of aromatic nitrogens is 2. The lowest BCUT2D eigenvalue weighted by Crippen LogP contribution is -2.24. The highest BCUT2D eigenvalue weighted by Crippen LogP contribution is 2.34. The Morgan fingerprint density at radius 1 is 1.23 bits per heavy atom. The van der Waals surface area contributed by atoms with Crippen LogP contribution in [0.25, 0.3) is 0 Å². The van der Waals surface area contributed by atoms with E-state index >= 15 is 0 Å². The number of carbonyl (C=O) groups excluding carboxylic acids is 2. The first-order valence-corrected chi connectivity index (χ1v) is 11.0. The normalized spacial score (nSPS) is 15.9. The first kappa shape index (κ1) is 21.5. The Balaban J connectivity index is 1.34. The Kier molecular flexibility index (Phi) is 6.41. The summed E-state index contributed by atoms with van der Waals surface area (Å²) in [5, 5.41) is 12.7. The van der Waals surface area contributed by atoms with Crippen LogP contribution in [0.5, 0.6) is 5.75 Å². The highest BCUT2D eigenvalue weighted by molar-refractivity contribution is 7.15. The van der Waals surface area contributed by atoms with E-state index < -0.39 is 5.91 Å².